The molecule has 1 amide bonds. The van der Waals surface area contributed by atoms with E-state index in [1.807, 2.05) is 0 Å². The lowest BCUT2D eigenvalue weighted by Crippen LogP contribution is -2.38. The van der Waals surface area contributed by atoms with Gasteiger partial charge in [-0.05, 0) is 49.9 Å². The van der Waals surface area contributed by atoms with E-state index in [1.165, 1.54) is 23.5 Å². The van der Waals surface area contributed by atoms with Crippen molar-refractivity contribution >= 4 is 17.2 Å². The molecule has 1 aromatic carbocycles. The number of nitrogens with zero attached hydrogens (tertiary/aromatic N) is 1. The maximum absolute atomic E-state index is 13.0. The quantitative estimate of drug-likeness (QED) is 0.890. The predicted octanol–water partition coefficient (Wildman–Crippen LogP) is 2.72. The van der Waals surface area contributed by atoms with Gasteiger partial charge in [-0.2, -0.15) is 0 Å². The fraction of sp³-hybridized carbons (Fsp3) is 0.375. The van der Waals surface area contributed by atoms with Crippen molar-refractivity contribution in [1.29, 1.82) is 0 Å². The molecular formula is C16H18FN3OS. The van der Waals surface area contributed by atoms with Gasteiger partial charge in [0.25, 0.3) is 5.91 Å². The van der Waals surface area contributed by atoms with Crippen LogP contribution in [-0.4, -0.2) is 23.5 Å². The van der Waals surface area contributed by atoms with E-state index in [0.29, 0.717) is 28.0 Å². The molecule has 4 nitrogen and oxygen atoms in total. The first kappa shape index (κ1) is 15.1. The highest BCUT2D eigenvalue weighted by molar-refractivity contribution is 7.17. The van der Waals surface area contributed by atoms with Gasteiger partial charge >= 0.3 is 0 Å². The number of hydrogen-bond donors (Lipinski definition) is 2. The SMILES string of the molecule is Cc1nc(-c2ccc(F)cc2)sc1C(=O)NCC(N)C1CC1. The van der Waals surface area contributed by atoms with E-state index in [2.05, 4.69) is 10.3 Å². The number of nitrogens with two attached hydrogens (primary N) is 1. The van der Waals surface area contributed by atoms with Gasteiger partial charge in [0.05, 0.1) is 5.69 Å². The first-order chi connectivity index (χ1) is 10.5. The first-order valence-electron chi connectivity index (χ1n) is 7.31. The highest BCUT2D eigenvalue weighted by Gasteiger charge is 2.28. The molecule has 0 radical (unpaired) electrons. The van der Waals surface area contributed by atoms with Crippen LogP contribution in [0, 0.1) is 18.7 Å². The van der Waals surface area contributed by atoms with Crippen LogP contribution in [0.5, 0.6) is 0 Å². The third kappa shape index (κ3) is 3.34. The third-order valence-electron chi connectivity index (χ3n) is 3.82. The Kier molecular flexibility index (Phi) is 4.22. The van der Waals surface area contributed by atoms with E-state index in [0.717, 1.165) is 18.4 Å². The van der Waals surface area contributed by atoms with Crippen LogP contribution in [0.25, 0.3) is 10.6 Å². The summed E-state index contributed by atoms with van der Waals surface area (Å²) >= 11 is 1.32. The number of thiazole rings is 1. The van der Waals surface area contributed by atoms with Crippen molar-refractivity contribution in [3.8, 4) is 10.6 Å². The molecular weight excluding hydrogens is 301 g/mol. The van der Waals surface area contributed by atoms with Crippen LogP contribution in [0.15, 0.2) is 24.3 Å². The molecule has 6 heteroatoms. The van der Waals surface area contributed by atoms with Crippen molar-refractivity contribution < 1.29 is 9.18 Å². The Morgan fingerprint density at radius 3 is 2.77 bits per heavy atom. The molecule has 1 heterocycles. The van der Waals surface area contributed by atoms with Crippen LogP contribution >= 0.6 is 11.3 Å². The second kappa shape index (κ2) is 6.14. The van der Waals surface area contributed by atoms with Crippen LogP contribution in [-0.2, 0) is 0 Å². The Morgan fingerprint density at radius 1 is 1.45 bits per heavy atom. The number of benzene rings is 1. The molecule has 1 fully saturated rings. The van der Waals surface area contributed by atoms with Gasteiger partial charge in [-0.15, -0.1) is 11.3 Å². The second-order valence-corrected chi connectivity index (χ2v) is 6.65. The summed E-state index contributed by atoms with van der Waals surface area (Å²) in [6.45, 7) is 2.30. The summed E-state index contributed by atoms with van der Waals surface area (Å²) in [5.41, 5.74) is 7.48. The maximum atomic E-state index is 13.0. The summed E-state index contributed by atoms with van der Waals surface area (Å²) in [6.07, 6.45) is 2.32. The van der Waals surface area contributed by atoms with Crippen LogP contribution in [0.3, 0.4) is 0 Å². The topological polar surface area (TPSA) is 68.0 Å². The smallest absolute Gasteiger partial charge is 0.263 e. The molecule has 22 heavy (non-hydrogen) atoms. The third-order valence-corrected chi connectivity index (χ3v) is 5.03. The number of carbonyl (C=O) groups excluding carboxylic acids is 1. The van der Waals surface area contributed by atoms with Gasteiger partial charge in [0, 0.05) is 18.2 Å². The van der Waals surface area contributed by atoms with Crippen molar-refractivity contribution in [2.45, 2.75) is 25.8 Å². The molecule has 0 bridgehead atoms. The number of nitrogens with one attached hydrogen (secondary N) is 1. The van der Waals surface area contributed by atoms with Crippen LogP contribution < -0.4 is 11.1 Å². The molecule has 2 aromatic rings. The van der Waals surface area contributed by atoms with Gasteiger partial charge in [-0.3, -0.25) is 4.79 Å². The predicted molar refractivity (Wildman–Crippen MR) is 85.3 cm³/mol. The lowest BCUT2D eigenvalue weighted by molar-refractivity contribution is 0.0953. The number of hydrogen-bond acceptors (Lipinski definition) is 4. The lowest BCUT2D eigenvalue weighted by atomic mass is 10.2. The molecule has 3 N–H and O–H groups in total. The van der Waals surface area contributed by atoms with Crippen molar-refractivity contribution in [2.75, 3.05) is 6.54 Å². The number of halogens is 1. The zero-order valence-corrected chi connectivity index (χ0v) is 13.1. The van der Waals surface area contributed by atoms with Crippen molar-refractivity contribution in [3.05, 3.63) is 40.7 Å². The van der Waals surface area contributed by atoms with E-state index in [1.54, 1.807) is 19.1 Å². The minimum absolute atomic E-state index is 0.0359. The summed E-state index contributed by atoms with van der Waals surface area (Å²) in [6, 6.07) is 6.14. The molecule has 116 valence electrons. The van der Waals surface area contributed by atoms with E-state index >= 15 is 0 Å². The maximum Gasteiger partial charge on any atom is 0.263 e. The highest BCUT2D eigenvalue weighted by Crippen LogP contribution is 2.31. The fourth-order valence-corrected chi connectivity index (χ4v) is 3.29. The number of aryl methyl sites for hydroxylation is 1. The van der Waals surface area contributed by atoms with Crippen molar-refractivity contribution in [3.63, 3.8) is 0 Å². The summed E-state index contributed by atoms with van der Waals surface area (Å²) in [7, 11) is 0. The summed E-state index contributed by atoms with van der Waals surface area (Å²) < 4.78 is 13.0. The van der Waals surface area contributed by atoms with Gasteiger partial charge < -0.3 is 11.1 Å². The van der Waals surface area contributed by atoms with Gasteiger partial charge in [0.15, 0.2) is 0 Å². The number of carbonyl (C=O) groups is 1. The van der Waals surface area contributed by atoms with E-state index in [4.69, 9.17) is 5.73 Å². The minimum atomic E-state index is -0.288. The standard InChI is InChI=1S/C16H18FN3OS/c1-9-14(15(21)19-8-13(18)10-2-3-10)22-16(20-9)11-4-6-12(17)7-5-11/h4-7,10,13H,2-3,8,18H2,1H3,(H,19,21). The number of amides is 1. The van der Waals surface area contributed by atoms with Crippen LogP contribution in [0.2, 0.25) is 0 Å². The zero-order chi connectivity index (χ0) is 15.7. The van der Waals surface area contributed by atoms with Crippen molar-refractivity contribution in [2.24, 2.45) is 11.7 Å². The molecule has 1 aromatic heterocycles. The summed E-state index contributed by atoms with van der Waals surface area (Å²) in [4.78, 5) is 17.3. The molecule has 0 spiro atoms. The second-order valence-electron chi connectivity index (χ2n) is 5.65. The molecule has 1 unspecified atom stereocenters. The lowest BCUT2D eigenvalue weighted by Gasteiger charge is -2.10. The van der Waals surface area contributed by atoms with Gasteiger partial charge in [-0.1, -0.05) is 0 Å². The van der Waals surface area contributed by atoms with Gasteiger partial charge in [0.2, 0.25) is 0 Å². The molecule has 1 aliphatic rings. The average Bonchev–Trinajstić information content (AvgIpc) is 3.28. The van der Waals surface area contributed by atoms with Crippen molar-refractivity contribution in [1.82, 2.24) is 10.3 Å². The Morgan fingerprint density at radius 2 is 2.14 bits per heavy atom. The minimum Gasteiger partial charge on any atom is -0.350 e. The molecule has 1 atom stereocenters. The zero-order valence-electron chi connectivity index (χ0n) is 12.3. The number of rotatable bonds is 5. The normalized spacial score (nSPS) is 15.6. The molecule has 0 saturated heterocycles. The van der Waals surface area contributed by atoms with E-state index < -0.39 is 0 Å². The van der Waals surface area contributed by atoms with Crippen LogP contribution in [0.4, 0.5) is 4.39 Å². The van der Waals surface area contributed by atoms with E-state index in [-0.39, 0.29) is 17.8 Å². The largest absolute Gasteiger partial charge is 0.350 e. The Hall–Kier alpha value is -1.79. The Balaban J connectivity index is 1.71. The first-order valence-corrected chi connectivity index (χ1v) is 8.13. The monoisotopic (exact) mass is 319 g/mol. The van der Waals surface area contributed by atoms with E-state index in [9.17, 15) is 9.18 Å². The van der Waals surface area contributed by atoms with Gasteiger partial charge in [0.1, 0.15) is 15.7 Å². The highest BCUT2D eigenvalue weighted by atomic mass is 32.1. The van der Waals surface area contributed by atoms with Crippen LogP contribution in [0.1, 0.15) is 28.2 Å². The van der Waals surface area contributed by atoms with Gasteiger partial charge in [-0.25, -0.2) is 9.37 Å². The average molecular weight is 319 g/mol. The molecule has 1 aliphatic carbocycles. The summed E-state index contributed by atoms with van der Waals surface area (Å²) in [5, 5.41) is 3.60. The number of aromatic nitrogens is 1. The molecule has 3 rings (SSSR count). The Labute approximate surface area is 132 Å². The summed E-state index contributed by atoms with van der Waals surface area (Å²) in [5.74, 6) is 0.126. The Bertz CT molecular complexity index is 679. The molecule has 0 aliphatic heterocycles. The fourth-order valence-electron chi connectivity index (χ4n) is 2.30. The molecule has 1 saturated carbocycles.